The van der Waals surface area contributed by atoms with E-state index < -0.39 is 0 Å². The first-order valence-corrected chi connectivity index (χ1v) is 11.9. The molecule has 5 aromatic rings. The van der Waals surface area contributed by atoms with E-state index in [-0.39, 0.29) is 12.4 Å². The van der Waals surface area contributed by atoms with Gasteiger partial charge in [0.2, 0.25) is 0 Å². The zero-order chi connectivity index (χ0) is 23.7. The van der Waals surface area contributed by atoms with E-state index in [0.717, 1.165) is 58.6 Å². The molecule has 0 unspecified atom stereocenters. The molecule has 3 aromatic heterocycles. The van der Waals surface area contributed by atoms with Crippen molar-refractivity contribution in [3.05, 3.63) is 60.6 Å². The summed E-state index contributed by atoms with van der Waals surface area (Å²) < 4.78 is 15.6. The molecular formula is C27H28N4O3. The third-order valence-corrected chi connectivity index (χ3v) is 5.93. The summed E-state index contributed by atoms with van der Waals surface area (Å²) in [7, 11) is 0. The molecule has 0 N–H and O–H groups in total. The van der Waals surface area contributed by atoms with E-state index in [0.29, 0.717) is 18.0 Å². The van der Waals surface area contributed by atoms with E-state index in [1.807, 2.05) is 59.3 Å². The van der Waals surface area contributed by atoms with Crippen molar-refractivity contribution in [2.75, 3.05) is 6.61 Å². The number of imidazole rings is 1. The number of aromatic nitrogens is 4. The zero-order valence-electron chi connectivity index (χ0n) is 19.7. The number of nitrogens with zero attached hydrogens (tertiary/aromatic N) is 4. The number of carbonyl (C=O) groups excluding carboxylic acids is 1. The fraction of sp³-hybridized carbons (Fsp3) is 0.296. The van der Waals surface area contributed by atoms with Crippen molar-refractivity contribution in [3.63, 3.8) is 0 Å². The summed E-state index contributed by atoms with van der Waals surface area (Å²) in [6.45, 7) is 6.71. The SMILES string of the molecule is CCCCOc1ccc(-n2cc(OC(=O)CC)c3c2nc(CC)n2c4ccccc4nc32)cc1. The van der Waals surface area contributed by atoms with Crippen LogP contribution in [-0.4, -0.2) is 31.5 Å². The standard InChI is InChI=1S/C27H28N4O3/c1-4-7-16-33-19-14-12-18(13-15-19)30-17-22(34-24(32)6-3)25-26(30)29-23(5-2)31-21-11-9-8-10-20(21)28-27(25)31/h8-15,17H,4-7,16H2,1-3H3. The molecule has 0 fully saturated rings. The van der Waals surface area contributed by atoms with E-state index in [9.17, 15) is 4.79 Å². The summed E-state index contributed by atoms with van der Waals surface area (Å²) >= 11 is 0. The number of benzene rings is 2. The molecule has 3 heterocycles. The predicted octanol–water partition coefficient (Wildman–Crippen LogP) is 5.88. The molecule has 0 aliphatic rings. The van der Waals surface area contributed by atoms with Crippen LogP contribution in [0.2, 0.25) is 0 Å². The van der Waals surface area contributed by atoms with Gasteiger partial charge in [-0.1, -0.05) is 39.3 Å². The van der Waals surface area contributed by atoms with Crippen LogP contribution in [-0.2, 0) is 11.2 Å². The Hall–Kier alpha value is -3.87. The molecule has 7 nitrogen and oxygen atoms in total. The van der Waals surface area contributed by atoms with Crippen molar-refractivity contribution in [2.24, 2.45) is 0 Å². The van der Waals surface area contributed by atoms with Gasteiger partial charge in [-0.3, -0.25) is 13.8 Å². The third kappa shape index (κ3) is 3.77. The Morgan fingerprint density at radius 1 is 0.971 bits per heavy atom. The van der Waals surface area contributed by atoms with Crippen LogP contribution >= 0.6 is 0 Å². The highest BCUT2D eigenvalue weighted by Crippen LogP contribution is 2.35. The molecule has 5 rings (SSSR count). The lowest BCUT2D eigenvalue weighted by Gasteiger charge is -2.09. The highest BCUT2D eigenvalue weighted by Gasteiger charge is 2.22. The molecule has 0 spiro atoms. The van der Waals surface area contributed by atoms with Crippen LogP contribution in [0.15, 0.2) is 54.7 Å². The first kappa shape index (κ1) is 21.9. The number of esters is 1. The van der Waals surface area contributed by atoms with Crippen LogP contribution in [0.1, 0.15) is 45.9 Å². The van der Waals surface area contributed by atoms with E-state index >= 15 is 0 Å². The Morgan fingerprint density at radius 2 is 1.76 bits per heavy atom. The van der Waals surface area contributed by atoms with Crippen LogP contribution in [0.3, 0.4) is 0 Å². The molecule has 174 valence electrons. The normalized spacial score (nSPS) is 11.5. The van der Waals surface area contributed by atoms with Crippen molar-refractivity contribution in [1.82, 2.24) is 18.9 Å². The Kier molecular flexibility index (Phi) is 5.92. The van der Waals surface area contributed by atoms with Gasteiger partial charge in [0.05, 0.1) is 23.8 Å². The summed E-state index contributed by atoms with van der Waals surface area (Å²) in [5, 5.41) is 0.721. The van der Waals surface area contributed by atoms with Crippen LogP contribution in [0.4, 0.5) is 0 Å². The van der Waals surface area contributed by atoms with Gasteiger partial charge in [-0.25, -0.2) is 9.97 Å². The average molecular weight is 457 g/mol. The molecule has 0 amide bonds. The van der Waals surface area contributed by atoms with Gasteiger partial charge in [-0.05, 0) is 42.8 Å². The first-order chi connectivity index (χ1) is 16.6. The maximum Gasteiger partial charge on any atom is 0.310 e. The summed E-state index contributed by atoms with van der Waals surface area (Å²) in [5.74, 6) is 1.88. The van der Waals surface area contributed by atoms with Crippen molar-refractivity contribution < 1.29 is 14.3 Å². The molecule has 0 bridgehead atoms. The van der Waals surface area contributed by atoms with Crippen LogP contribution in [0, 0.1) is 0 Å². The molecule has 0 radical (unpaired) electrons. The number of para-hydroxylation sites is 2. The van der Waals surface area contributed by atoms with Gasteiger partial charge in [-0.15, -0.1) is 0 Å². The fourth-order valence-corrected chi connectivity index (χ4v) is 4.16. The summed E-state index contributed by atoms with van der Waals surface area (Å²) in [6, 6.07) is 15.9. The van der Waals surface area contributed by atoms with Crippen molar-refractivity contribution in [1.29, 1.82) is 0 Å². The van der Waals surface area contributed by atoms with Crippen molar-refractivity contribution in [3.8, 4) is 17.2 Å². The monoisotopic (exact) mass is 456 g/mol. The number of hydrogen-bond acceptors (Lipinski definition) is 5. The number of hydrogen-bond donors (Lipinski definition) is 0. The van der Waals surface area contributed by atoms with Gasteiger partial charge >= 0.3 is 5.97 Å². The minimum Gasteiger partial charge on any atom is -0.494 e. The minimum atomic E-state index is -0.299. The van der Waals surface area contributed by atoms with Gasteiger partial charge < -0.3 is 9.47 Å². The highest BCUT2D eigenvalue weighted by molar-refractivity contribution is 6.01. The molecule has 0 aliphatic carbocycles. The zero-order valence-corrected chi connectivity index (χ0v) is 19.7. The lowest BCUT2D eigenvalue weighted by atomic mass is 10.3. The molecule has 0 aliphatic heterocycles. The molecule has 0 saturated carbocycles. The van der Waals surface area contributed by atoms with Crippen molar-refractivity contribution >= 4 is 33.7 Å². The molecule has 0 saturated heterocycles. The second kappa shape index (κ2) is 9.17. The Labute approximate surface area is 198 Å². The largest absolute Gasteiger partial charge is 0.494 e. The fourth-order valence-electron chi connectivity index (χ4n) is 4.16. The van der Waals surface area contributed by atoms with E-state index in [1.165, 1.54) is 0 Å². The summed E-state index contributed by atoms with van der Waals surface area (Å²) in [5.41, 5.74) is 4.21. The lowest BCUT2D eigenvalue weighted by Crippen LogP contribution is -2.06. The number of rotatable bonds is 8. The second-order valence-corrected chi connectivity index (χ2v) is 8.23. The molecule has 2 aromatic carbocycles. The van der Waals surface area contributed by atoms with Gasteiger partial charge in [0.25, 0.3) is 0 Å². The number of carbonyl (C=O) groups is 1. The maximum absolute atomic E-state index is 12.3. The van der Waals surface area contributed by atoms with Crippen LogP contribution < -0.4 is 9.47 Å². The third-order valence-electron chi connectivity index (χ3n) is 5.93. The molecule has 7 heteroatoms. The number of ether oxygens (including phenoxy) is 2. The Morgan fingerprint density at radius 3 is 2.50 bits per heavy atom. The highest BCUT2D eigenvalue weighted by atomic mass is 16.5. The molecule has 0 atom stereocenters. The van der Waals surface area contributed by atoms with Crippen LogP contribution in [0.25, 0.3) is 33.4 Å². The van der Waals surface area contributed by atoms with Gasteiger partial charge in [0, 0.05) is 18.5 Å². The van der Waals surface area contributed by atoms with Gasteiger partial charge in [0.1, 0.15) is 17.0 Å². The van der Waals surface area contributed by atoms with E-state index in [2.05, 4.69) is 18.2 Å². The van der Waals surface area contributed by atoms with Gasteiger partial charge in [-0.2, -0.15) is 0 Å². The minimum absolute atomic E-state index is 0.281. The predicted molar refractivity (Wildman–Crippen MR) is 133 cm³/mol. The summed E-state index contributed by atoms with van der Waals surface area (Å²) in [4.78, 5) is 22.2. The van der Waals surface area contributed by atoms with Crippen molar-refractivity contribution in [2.45, 2.75) is 46.5 Å². The second-order valence-electron chi connectivity index (χ2n) is 8.23. The maximum atomic E-state index is 12.3. The lowest BCUT2D eigenvalue weighted by molar-refractivity contribution is -0.133. The Balaban J connectivity index is 1.73. The quantitative estimate of drug-likeness (QED) is 0.215. The smallest absolute Gasteiger partial charge is 0.310 e. The topological polar surface area (TPSA) is 70.7 Å². The average Bonchev–Trinajstić information content (AvgIpc) is 3.42. The number of aryl methyl sites for hydroxylation is 1. The number of fused-ring (bicyclic) bond motifs is 5. The molecular weight excluding hydrogens is 428 g/mol. The summed E-state index contributed by atoms with van der Waals surface area (Å²) in [6.07, 6.45) is 4.96. The first-order valence-electron chi connectivity index (χ1n) is 11.9. The van der Waals surface area contributed by atoms with Gasteiger partial charge in [0.15, 0.2) is 17.0 Å². The van der Waals surface area contributed by atoms with E-state index in [1.54, 1.807) is 6.92 Å². The Bertz CT molecular complexity index is 1480. The van der Waals surface area contributed by atoms with E-state index in [4.69, 9.17) is 19.4 Å². The number of unbranched alkanes of at least 4 members (excludes halogenated alkanes) is 1. The molecule has 34 heavy (non-hydrogen) atoms. The van der Waals surface area contributed by atoms with Crippen LogP contribution in [0.5, 0.6) is 11.5 Å².